The molecule has 0 bridgehead atoms. The van der Waals surface area contributed by atoms with Gasteiger partial charge in [-0.05, 0) is 49.8 Å². The largest absolute Gasteiger partial charge is 0.381 e. The van der Waals surface area contributed by atoms with Crippen LogP contribution in [0.1, 0.15) is 42.5 Å². The SMILES string of the molecule is CO[C@H]1C[C@@H](Nc2ncc3c(-c4ccn5ncc(C(=O)N6CCCCC6)c5c4)c[nH]c3n2)C1. The Morgan fingerprint density at radius 2 is 2.06 bits per heavy atom. The molecular weight excluding hydrogens is 418 g/mol. The van der Waals surface area contributed by atoms with E-state index in [1.807, 2.05) is 35.6 Å². The Balaban J connectivity index is 1.29. The van der Waals surface area contributed by atoms with Gasteiger partial charge in [-0.3, -0.25) is 4.79 Å². The summed E-state index contributed by atoms with van der Waals surface area (Å²) >= 11 is 0. The summed E-state index contributed by atoms with van der Waals surface area (Å²) in [5.41, 5.74) is 4.24. The highest BCUT2D eigenvalue weighted by molar-refractivity contribution is 6.02. The van der Waals surface area contributed by atoms with E-state index in [1.54, 1.807) is 17.8 Å². The highest BCUT2D eigenvalue weighted by Gasteiger charge is 2.29. The summed E-state index contributed by atoms with van der Waals surface area (Å²) in [5.74, 6) is 0.683. The molecule has 0 radical (unpaired) electrons. The van der Waals surface area contributed by atoms with Gasteiger partial charge in [-0.1, -0.05) is 0 Å². The Morgan fingerprint density at radius 1 is 1.21 bits per heavy atom. The van der Waals surface area contributed by atoms with Gasteiger partial charge in [0.1, 0.15) is 5.65 Å². The molecule has 9 heteroatoms. The van der Waals surface area contributed by atoms with E-state index < -0.39 is 0 Å². The summed E-state index contributed by atoms with van der Waals surface area (Å²) in [6, 6.07) is 4.38. The normalized spacial score (nSPS) is 20.8. The number of carbonyl (C=O) groups is 1. The van der Waals surface area contributed by atoms with Crippen LogP contribution >= 0.6 is 0 Å². The van der Waals surface area contributed by atoms with Gasteiger partial charge in [-0.15, -0.1) is 0 Å². The average molecular weight is 446 g/mol. The Hall–Kier alpha value is -3.46. The van der Waals surface area contributed by atoms with Crippen LogP contribution in [0.5, 0.6) is 0 Å². The van der Waals surface area contributed by atoms with Crippen molar-refractivity contribution in [1.82, 2.24) is 29.5 Å². The number of ether oxygens (including phenoxy) is 1. The van der Waals surface area contributed by atoms with E-state index in [1.165, 1.54) is 6.42 Å². The average Bonchev–Trinajstić information content (AvgIpc) is 3.44. The van der Waals surface area contributed by atoms with Gasteiger partial charge >= 0.3 is 0 Å². The van der Waals surface area contributed by atoms with E-state index in [4.69, 9.17) is 4.74 Å². The Labute approximate surface area is 191 Å². The molecule has 1 saturated carbocycles. The highest BCUT2D eigenvalue weighted by Crippen LogP contribution is 2.31. The summed E-state index contributed by atoms with van der Waals surface area (Å²) < 4.78 is 7.11. The molecule has 1 aliphatic heterocycles. The predicted molar refractivity (Wildman–Crippen MR) is 125 cm³/mol. The molecule has 4 aromatic heterocycles. The Morgan fingerprint density at radius 3 is 2.88 bits per heavy atom. The molecule has 0 unspecified atom stereocenters. The zero-order chi connectivity index (χ0) is 22.4. The molecule has 1 amide bonds. The summed E-state index contributed by atoms with van der Waals surface area (Å²) in [5, 5.41) is 8.72. The summed E-state index contributed by atoms with van der Waals surface area (Å²) in [6.45, 7) is 1.64. The molecule has 9 nitrogen and oxygen atoms in total. The topological polar surface area (TPSA) is 100 Å². The molecule has 33 heavy (non-hydrogen) atoms. The van der Waals surface area contributed by atoms with Crippen LogP contribution in [0.2, 0.25) is 0 Å². The van der Waals surface area contributed by atoms with Crippen LogP contribution in [0.4, 0.5) is 5.95 Å². The molecule has 170 valence electrons. The maximum absolute atomic E-state index is 13.1. The number of pyridine rings is 1. The number of aromatic nitrogens is 5. The van der Waals surface area contributed by atoms with Gasteiger partial charge in [0.15, 0.2) is 0 Å². The molecule has 0 aromatic carbocycles. The monoisotopic (exact) mass is 445 g/mol. The number of methoxy groups -OCH3 is 1. The minimum atomic E-state index is 0.0616. The Kier molecular flexibility index (Phi) is 4.98. The van der Waals surface area contributed by atoms with E-state index in [9.17, 15) is 4.79 Å². The lowest BCUT2D eigenvalue weighted by Gasteiger charge is -2.34. The molecule has 2 aliphatic rings. The van der Waals surface area contributed by atoms with Crippen molar-refractivity contribution in [2.45, 2.75) is 44.2 Å². The van der Waals surface area contributed by atoms with Gasteiger partial charge in [0.2, 0.25) is 5.95 Å². The molecule has 2 fully saturated rings. The lowest BCUT2D eigenvalue weighted by atomic mass is 9.89. The minimum absolute atomic E-state index is 0.0616. The van der Waals surface area contributed by atoms with Gasteiger partial charge < -0.3 is 19.9 Å². The van der Waals surface area contributed by atoms with Gasteiger partial charge in [-0.2, -0.15) is 10.1 Å². The summed E-state index contributed by atoms with van der Waals surface area (Å²) in [6.07, 6.45) is 13.0. The number of hydrogen-bond acceptors (Lipinski definition) is 6. The van der Waals surface area contributed by atoms with Crippen LogP contribution in [0, 0.1) is 0 Å². The second kappa shape index (κ2) is 8.15. The molecule has 5 heterocycles. The van der Waals surface area contributed by atoms with Gasteiger partial charge in [0, 0.05) is 55.8 Å². The van der Waals surface area contributed by atoms with Crippen molar-refractivity contribution < 1.29 is 9.53 Å². The number of anilines is 1. The quantitative estimate of drug-likeness (QED) is 0.488. The smallest absolute Gasteiger partial charge is 0.257 e. The maximum Gasteiger partial charge on any atom is 0.257 e. The van der Waals surface area contributed by atoms with Gasteiger partial charge in [-0.25, -0.2) is 9.50 Å². The first-order valence-electron chi connectivity index (χ1n) is 11.6. The fourth-order valence-electron chi connectivity index (χ4n) is 4.85. The van der Waals surface area contributed by atoms with E-state index in [-0.39, 0.29) is 5.91 Å². The number of carbonyl (C=O) groups excluding carboxylic acids is 1. The predicted octanol–water partition coefficient (Wildman–Crippen LogP) is 3.49. The zero-order valence-electron chi connectivity index (χ0n) is 18.6. The third kappa shape index (κ3) is 3.62. The molecule has 0 atom stereocenters. The van der Waals surface area contributed by atoms with Crippen LogP contribution in [0.15, 0.2) is 36.9 Å². The second-order valence-electron chi connectivity index (χ2n) is 8.98. The molecule has 4 aromatic rings. The number of nitrogens with zero attached hydrogens (tertiary/aromatic N) is 5. The van der Waals surface area contributed by atoms with E-state index in [0.29, 0.717) is 23.7 Å². The second-order valence-corrected chi connectivity index (χ2v) is 8.98. The van der Waals surface area contributed by atoms with Gasteiger partial charge in [0.25, 0.3) is 5.91 Å². The van der Waals surface area contributed by atoms with Crippen LogP contribution in [-0.2, 0) is 4.74 Å². The van der Waals surface area contributed by atoms with Crippen molar-refractivity contribution in [2.75, 3.05) is 25.5 Å². The molecule has 1 saturated heterocycles. The van der Waals surface area contributed by atoms with Crippen LogP contribution < -0.4 is 5.32 Å². The van der Waals surface area contributed by atoms with Crippen molar-refractivity contribution in [3.63, 3.8) is 0 Å². The summed E-state index contributed by atoms with van der Waals surface area (Å²) in [7, 11) is 1.75. The lowest BCUT2D eigenvalue weighted by molar-refractivity contribution is 0.0327. The molecule has 2 N–H and O–H groups in total. The van der Waals surface area contributed by atoms with Crippen molar-refractivity contribution >= 4 is 28.4 Å². The number of nitrogens with one attached hydrogen (secondary N) is 2. The van der Waals surface area contributed by atoms with Crippen LogP contribution in [0.25, 0.3) is 27.7 Å². The van der Waals surface area contributed by atoms with Gasteiger partial charge in [0.05, 0.1) is 23.4 Å². The number of hydrogen-bond donors (Lipinski definition) is 2. The van der Waals surface area contributed by atoms with Crippen molar-refractivity contribution in [3.8, 4) is 11.1 Å². The molecular formula is C24H27N7O2. The van der Waals surface area contributed by atoms with Crippen LogP contribution in [-0.4, -0.2) is 67.7 Å². The number of piperidine rings is 1. The first kappa shape index (κ1) is 20.2. The minimum Gasteiger partial charge on any atom is -0.381 e. The van der Waals surface area contributed by atoms with E-state index in [0.717, 1.165) is 66.4 Å². The Bertz CT molecular complexity index is 1320. The summed E-state index contributed by atoms with van der Waals surface area (Å²) in [4.78, 5) is 27.5. The van der Waals surface area contributed by atoms with Crippen molar-refractivity contribution in [1.29, 1.82) is 0 Å². The third-order valence-corrected chi connectivity index (χ3v) is 6.90. The third-order valence-electron chi connectivity index (χ3n) is 6.90. The van der Waals surface area contributed by atoms with Crippen LogP contribution in [0.3, 0.4) is 0 Å². The molecule has 0 spiro atoms. The lowest BCUT2D eigenvalue weighted by Crippen LogP contribution is -2.40. The fourth-order valence-corrected chi connectivity index (χ4v) is 4.85. The molecule has 1 aliphatic carbocycles. The zero-order valence-corrected chi connectivity index (χ0v) is 18.6. The number of fused-ring (bicyclic) bond motifs is 2. The molecule has 6 rings (SSSR count). The standard InChI is InChI=1S/C24H27N7O2/c1-33-17-10-16(11-17)28-24-26-13-19-18(12-25-22(19)29-24)15-5-8-31-21(9-15)20(14-27-31)23(32)30-6-3-2-4-7-30/h5,8-9,12-14,16-17H,2-4,6-7,10-11H2,1H3,(H2,25,26,28,29)/t16-,17+. The number of likely N-dealkylation sites (tertiary alicyclic amines) is 1. The van der Waals surface area contributed by atoms with E-state index in [2.05, 4.69) is 25.4 Å². The van der Waals surface area contributed by atoms with Crippen molar-refractivity contribution in [2.24, 2.45) is 0 Å². The number of H-pyrrole nitrogens is 1. The number of rotatable bonds is 5. The maximum atomic E-state index is 13.1. The fraction of sp³-hybridized carbons (Fsp3) is 0.417. The van der Waals surface area contributed by atoms with Crippen molar-refractivity contribution in [3.05, 3.63) is 42.5 Å². The number of aromatic amines is 1. The highest BCUT2D eigenvalue weighted by atomic mass is 16.5. The number of amides is 1. The first-order valence-corrected chi connectivity index (χ1v) is 11.6. The first-order chi connectivity index (χ1) is 16.2. The van der Waals surface area contributed by atoms with E-state index >= 15 is 0 Å².